The third-order valence-corrected chi connectivity index (χ3v) is 5.18. The normalized spacial score (nSPS) is 18.7. The summed E-state index contributed by atoms with van der Waals surface area (Å²) < 4.78 is 33.4. The van der Waals surface area contributed by atoms with Gasteiger partial charge in [0, 0.05) is 17.0 Å². The van der Waals surface area contributed by atoms with Crippen LogP contribution >= 0.6 is 27.5 Å². The van der Waals surface area contributed by atoms with E-state index in [4.69, 9.17) is 26.2 Å². The number of benzene rings is 1. The van der Waals surface area contributed by atoms with Crippen LogP contribution in [0.5, 0.6) is 0 Å². The van der Waals surface area contributed by atoms with Crippen LogP contribution in [0.2, 0.25) is 5.02 Å². The van der Waals surface area contributed by atoms with Gasteiger partial charge in [0.1, 0.15) is 0 Å². The molecule has 0 spiro atoms. The number of nitrogens with two attached hydrogens (primary N) is 1. The van der Waals surface area contributed by atoms with E-state index in [9.17, 15) is 13.2 Å². The molecule has 2 rings (SSSR count). The van der Waals surface area contributed by atoms with E-state index in [0.29, 0.717) is 13.2 Å². The summed E-state index contributed by atoms with van der Waals surface area (Å²) in [5.41, 5.74) is -0.0472. The van der Waals surface area contributed by atoms with E-state index < -0.39 is 16.0 Å². The highest BCUT2D eigenvalue weighted by Gasteiger charge is 2.22. The van der Waals surface area contributed by atoms with Gasteiger partial charge in [0.05, 0.1) is 28.7 Å². The first-order valence-corrected chi connectivity index (χ1v) is 8.77. The van der Waals surface area contributed by atoms with Gasteiger partial charge in [-0.1, -0.05) is 11.6 Å². The number of ether oxygens (including phenoxy) is 2. The number of hydrogen-bond acceptors (Lipinski definition) is 5. The van der Waals surface area contributed by atoms with Crippen LogP contribution in [-0.2, 0) is 19.5 Å². The largest absolute Gasteiger partial charge is 0.462 e. The van der Waals surface area contributed by atoms with Gasteiger partial charge in [0.2, 0.25) is 10.0 Å². The second kappa shape index (κ2) is 6.62. The number of primary sulfonamides is 1. The lowest BCUT2D eigenvalue weighted by Crippen LogP contribution is -2.17. The molecule has 0 amide bonds. The number of rotatable bonds is 4. The molecular weight excluding hydrogens is 386 g/mol. The summed E-state index contributed by atoms with van der Waals surface area (Å²) in [5.74, 6) is -0.546. The van der Waals surface area contributed by atoms with Gasteiger partial charge in [0.15, 0.2) is 0 Å². The van der Waals surface area contributed by atoms with E-state index in [-0.39, 0.29) is 32.5 Å². The fraction of sp³-hybridized carbons (Fsp3) is 0.417. The minimum atomic E-state index is -3.95. The first-order valence-electron chi connectivity index (χ1n) is 6.05. The summed E-state index contributed by atoms with van der Waals surface area (Å²) in [6.07, 6.45) is 0.821. The molecule has 116 valence electrons. The summed E-state index contributed by atoms with van der Waals surface area (Å²) >= 11 is 9.09. The summed E-state index contributed by atoms with van der Waals surface area (Å²) in [6, 6.07) is 2.34. The van der Waals surface area contributed by atoms with E-state index in [1.807, 2.05) is 0 Å². The Morgan fingerprint density at radius 1 is 1.52 bits per heavy atom. The molecule has 1 atom stereocenters. The molecule has 9 heteroatoms. The van der Waals surface area contributed by atoms with Crippen molar-refractivity contribution in [1.82, 2.24) is 0 Å². The number of halogens is 2. The maximum atomic E-state index is 12.0. The molecule has 6 nitrogen and oxygen atoms in total. The van der Waals surface area contributed by atoms with Crippen molar-refractivity contribution >= 4 is 43.5 Å². The summed E-state index contributed by atoms with van der Waals surface area (Å²) in [5, 5.41) is 5.14. The van der Waals surface area contributed by atoms with Gasteiger partial charge in [-0.05, 0) is 34.5 Å². The quantitative estimate of drug-likeness (QED) is 0.782. The number of sulfonamides is 1. The molecule has 0 aromatic heterocycles. The Hall–Kier alpha value is -0.670. The van der Waals surface area contributed by atoms with Crippen molar-refractivity contribution in [2.24, 2.45) is 11.1 Å². The molecule has 2 N–H and O–H groups in total. The van der Waals surface area contributed by atoms with Gasteiger partial charge in [-0.25, -0.2) is 18.4 Å². The molecule has 0 radical (unpaired) electrons. The highest BCUT2D eigenvalue weighted by molar-refractivity contribution is 9.10. The number of esters is 1. The molecule has 1 aliphatic heterocycles. The molecule has 1 aromatic carbocycles. The van der Waals surface area contributed by atoms with E-state index >= 15 is 0 Å². The third-order valence-electron chi connectivity index (χ3n) is 3.02. The molecular formula is C12H13BrClNO5S. The number of hydrogen-bond donors (Lipinski definition) is 1. The second-order valence-electron chi connectivity index (χ2n) is 4.64. The Kier molecular flexibility index (Phi) is 5.26. The maximum absolute atomic E-state index is 12.0. The van der Waals surface area contributed by atoms with Crippen molar-refractivity contribution in [2.45, 2.75) is 11.3 Å². The summed E-state index contributed by atoms with van der Waals surface area (Å²) in [7, 11) is -3.95. The molecule has 0 aliphatic carbocycles. The predicted molar refractivity (Wildman–Crippen MR) is 79.7 cm³/mol. The Labute approximate surface area is 135 Å². The lowest BCUT2D eigenvalue weighted by atomic mass is 10.1. The third kappa shape index (κ3) is 4.17. The van der Waals surface area contributed by atoms with Crippen LogP contribution < -0.4 is 5.14 Å². The molecule has 1 heterocycles. The highest BCUT2D eigenvalue weighted by atomic mass is 79.9. The topological polar surface area (TPSA) is 95.7 Å². The number of carbonyl (C=O) groups is 1. The van der Waals surface area contributed by atoms with Crippen LogP contribution in [-0.4, -0.2) is 34.2 Å². The fourth-order valence-corrected chi connectivity index (χ4v) is 3.23. The molecule has 1 saturated heterocycles. The second-order valence-corrected chi connectivity index (χ2v) is 7.43. The minimum Gasteiger partial charge on any atom is -0.462 e. The first-order chi connectivity index (χ1) is 9.79. The molecule has 1 aromatic rings. The van der Waals surface area contributed by atoms with E-state index in [0.717, 1.165) is 12.5 Å². The van der Waals surface area contributed by atoms with E-state index in [2.05, 4.69) is 15.9 Å². The van der Waals surface area contributed by atoms with Crippen LogP contribution in [0, 0.1) is 5.92 Å². The Morgan fingerprint density at radius 3 is 2.81 bits per heavy atom. The van der Waals surface area contributed by atoms with Crippen molar-refractivity contribution in [3.63, 3.8) is 0 Å². The predicted octanol–water partition coefficient (Wildman–Crippen LogP) is 1.94. The molecule has 1 unspecified atom stereocenters. The summed E-state index contributed by atoms with van der Waals surface area (Å²) in [6.45, 7) is 1.39. The van der Waals surface area contributed by atoms with Gasteiger partial charge in [-0.2, -0.15) is 0 Å². The van der Waals surface area contributed by atoms with Crippen molar-refractivity contribution < 1.29 is 22.7 Å². The zero-order valence-corrected chi connectivity index (χ0v) is 14.0. The minimum absolute atomic E-state index is 0.0472. The van der Waals surface area contributed by atoms with Gasteiger partial charge >= 0.3 is 5.97 Å². The summed E-state index contributed by atoms with van der Waals surface area (Å²) in [4.78, 5) is 11.8. The van der Waals surface area contributed by atoms with Crippen LogP contribution in [0.1, 0.15) is 16.8 Å². The van der Waals surface area contributed by atoms with Gasteiger partial charge < -0.3 is 9.47 Å². The Bertz CT molecular complexity index is 658. The van der Waals surface area contributed by atoms with Gasteiger partial charge in [0.25, 0.3) is 0 Å². The van der Waals surface area contributed by atoms with Gasteiger partial charge in [-0.15, -0.1) is 0 Å². The van der Waals surface area contributed by atoms with Crippen molar-refractivity contribution in [2.75, 3.05) is 19.8 Å². The fourth-order valence-electron chi connectivity index (χ4n) is 1.86. The van der Waals surface area contributed by atoms with Crippen LogP contribution in [0.25, 0.3) is 0 Å². The van der Waals surface area contributed by atoms with Gasteiger partial charge in [-0.3, -0.25) is 0 Å². The van der Waals surface area contributed by atoms with E-state index in [1.165, 1.54) is 6.07 Å². The smallest absolute Gasteiger partial charge is 0.339 e. The standard InChI is InChI=1S/C12H13BrClNO5S/c13-10-4-8(21(15,17)18)3-9(11(10)14)12(16)20-6-7-1-2-19-5-7/h3-4,7H,1-2,5-6H2,(H2,15,17,18). The highest BCUT2D eigenvalue weighted by Crippen LogP contribution is 2.30. The first kappa shape index (κ1) is 16.7. The Balaban J connectivity index is 2.21. The van der Waals surface area contributed by atoms with Crippen molar-refractivity contribution in [3.05, 3.63) is 27.2 Å². The Morgan fingerprint density at radius 2 is 2.24 bits per heavy atom. The lowest BCUT2D eigenvalue weighted by molar-refractivity contribution is 0.0428. The number of carbonyl (C=O) groups excluding carboxylic acids is 1. The molecule has 1 fully saturated rings. The monoisotopic (exact) mass is 397 g/mol. The zero-order chi connectivity index (χ0) is 15.6. The molecule has 21 heavy (non-hydrogen) atoms. The molecule has 0 saturated carbocycles. The average Bonchev–Trinajstić information content (AvgIpc) is 2.91. The van der Waals surface area contributed by atoms with Crippen LogP contribution in [0.3, 0.4) is 0 Å². The lowest BCUT2D eigenvalue weighted by Gasteiger charge is -2.11. The zero-order valence-electron chi connectivity index (χ0n) is 10.8. The molecule has 0 bridgehead atoms. The van der Waals surface area contributed by atoms with Crippen molar-refractivity contribution in [3.8, 4) is 0 Å². The van der Waals surface area contributed by atoms with Crippen molar-refractivity contribution in [1.29, 1.82) is 0 Å². The maximum Gasteiger partial charge on any atom is 0.339 e. The SMILES string of the molecule is NS(=O)(=O)c1cc(Br)c(Cl)c(C(=O)OCC2CCOC2)c1. The van der Waals surface area contributed by atoms with Crippen LogP contribution in [0.15, 0.2) is 21.5 Å². The average molecular weight is 399 g/mol. The molecule has 1 aliphatic rings. The van der Waals surface area contributed by atoms with Crippen LogP contribution in [0.4, 0.5) is 0 Å². The van der Waals surface area contributed by atoms with E-state index in [1.54, 1.807) is 0 Å².